The number of rotatable bonds is 3. The number of benzene rings is 2. The molecule has 2 aromatic carbocycles. The fourth-order valence-electron chi connectivity index (χ4n) is 2.41. The minimum absolute atomic E-state index is 0.329. The zero-order valence-corrected chi connectivity index (χ0v) is 11.4. The molecule has 3 aromatic rings. The third-order valence-electron chi connectivity index (χ3n) is 3.36. The van der Waals surface area contributed by atoms with Crippen molar-refractivity contribution in [1.29, 1.82) is 0 Å². The van der Waals surface area contributed by atoms with E-state index in [2.05, 4.69) is 5.32 Å². The third-order valence-corrected chi connectivity index (χ3v) is 3.36. The molecule has 0 spiro atoms. The molecular weight excluding hydrogens is 254 g/mol. The van der Waals surface area contributed by atoms with E-state index >= 15 is 0 Å². The van der Waals surface area contributed by atoms with Gasteiger partial charge in [-0.3, -0.25) is 0 Å². The molecule has 1 aromatic heterocycles. The highest BCUT2D eigenvalue weighted by Gasteiger charge is 2.07. The average Bonchev–Trinajstić information content (AvgIpc) is 2.45. The molecule has 1 N–H and O–H groups in total. The molecular formula is C16H15NO3. The predicted molar refractivity (Wildman–Crippen MR) is 79.3 cm³/mol. The second-order valence-corrected chi connectivity index (χ2v) is 4.68. The molecule has 0 saturated carbocycles. The van der Waals surface area contributed by atoms with Gasteiger partial charge in [-0.1, -0.05) is 6.07 Å². The van der Waals surface area contributed by atoms with E-state index in [1.165, 1.54) is 6.07 Å². The highest BCUT2D eigenvalue weighted by molar-refractivity contribution is 5.97. The SMILES string of the molecule is CNCc1cc(=O)oc2cc3cc(OC)ccc3cc12. The van der Waals surface area contributed by atoms with E-state index in [4.69, 9.17) is 9.15 Å². The van der Waals surface area contributed by atoms with Crippen molar-refractivity contribution in [2.75, 3.05) is 14.2 Å². The number of ether oxygens (including phenoxy) is 1. The Morgan fingerprint density at radius 1 is 1.15 bits per heavy atom. The lowest BCUT2D eigenvalue weighted by atomic mass is 10.0. The first-order valence-corrected chi connectivity index (χ1v) is 6.40. The van der Waals surface area contributed by atoms with Gasteiger partial charge in [-0.2, -0.15) is 0 Å². The maximum Gasteiger partial charge on any atom is 0.336 e. The number of hydrogen-bond donors (Lipinski definition) is 1. The fourth-order valence-corrected chi connectivity index (χ4v) is 2.41. The summed E-state index contributed by atoms with van der Waals surface area (Å²) in [5, 5.41) is 6.10. The van der Waals surface area contributed by atoms with Crippen LogP contribution in [0, 0.1) is 0 Å². The van der Waals surface area contributed by atoms with Crippen molar-refractivity contribution in [2.24, 2.45) is 0 Å². The number of nitrogens with one attached hydrogen (secondary N) is 1. The van der Waals surface area contributed by atoms with Crippen molar-refractivity contribution in [2.45, 2.75) is 6.54 Å². The second kappa shape index (κ2) is 4.98. The number of hydrogen-bond acceptors (Lipinski definition) is 4. The van der Waals surface area contributed by atoms with E-state index in [0.29, 0.717) is 12.1 Å². The largest absolute Gasteiger partial charge is 0.497 e. The van der Waals surface area contributed by atoms with Crippen LogP contribution in [-0.2, 0) is 6.54 Å². The Hall–Kier alpha value is -2.33. The summed E-state index contributed by atoms with van der Waals surface area (Å²) in [6.07, 6.45) is 0. The van der Waals surface area contributed by atoms with Crippen LogP contribution in [0.4, 0.5) is 0 Å². The predicted octanol–water partition coefficient (Wildman–Crippen LogP) is 2.67. The summed E-state index contributed by atoms with van der Waals surface area (Å²) in [6.45, 7) is 0.629. The Bertz CT molecular complexity index is 836. The van der Waals surface area contributed by atoms with Crippen molar-refractivity contribution in [3.63, 3.8) is 0 Å². The topological polar surface area (TPSA) is 51.5 Å². The highest BCUT2D eigenvalue weighted by atomic mass is 16.5. The van der Waals surface area contributed by atoms with Crippen LogP contribution in [0.2, 0.25) is 0 Å². The van der Waals surface area contributed by atoms with Gasteiger partial charge in [0.25, 0.3) is 0 Å². The lowest BCUT2D eigenvalue weighted by molar-refractivity contribution is 0.415. The lowest BCUT2D eigenvalue weighted by Gasteiger charge is -2.07. The van der Waals surface area contributed by atoms with Crippen molar-refractivity contribution in [3.05, 3.63) is 52.4 Å². The minimum Gasteiger partial charge on any atom is -0.497 e. The van der Waals surface area contributed by atoms with Crippen LogP contribution >= 0.6 is 0 Å². The summed E-state index contributed by atoms with van der Waals surface area (Å²) in [7, 11) is 3.49. The smallest absolute Gasteiger partial charge is 0.336 e. The van der Waals surface area contributed by atoms with E-state index in [1.54, 1.807) is 7.11 Å². The molecule has 0 bridgehead atoms. The zero-order valence-electron chi connectivity index (χ0n) is 11.4. The molecule has 0 atom stereocenters. The van der Waals surface area contributed by atoms with Gasteiger partial charge >= 0.3 is 5.63 Å². The molecule has 0 aliphatic rings. The quantitative estimate of drug-likeness (QED) is 0.586. The first-order valence-electron chi connectivity index (χ1n) is 6.40. The van der Waals surface area contributed by atoms with Gasteiger partial charge in [0, 0.05) is 18.0 Å². The molecule has 0 unspecified atom stereocenters. The van der Waals surface area contributed by atoms with Gasteiger partial charge in [0.2, 0.25) is 0 Å². The number of fused-ring (bicyclic) bond motifs is 2. The van der Waals surface area contributed by atoms with E-state index in [0.717, 1.165) is 27.5 Å². The Morgan fingerprint density at radius 2 is 2.00 bits per heavy atom. The molecule has 20 heavy (non-hydrogen) atoms. The molecule has 0 saturated heterocycles. The summed E-state index contributed by atoms with van der Waals surface area (Å²) in [5.41, 5.74) is 1.21. The normalized spacial score (nSPS) is 11.1. The van der Waals surface area contributed by atoms with E-state index < -0.39 is 0 Å². The van der Waals surface area contributed by atoms with Crippen molar-refractivity contribution in [3.8, 4) is 5.75 Å². The van der Waals surface area contributed by atoms with Gasteiger partial charge in [-0.05, 0) is 47.6 Å². The lowest BCUT2D eigenvalue weighted by Crippen LogP contribution is -2.09. The van der Waals surface area contributed by atoms with Crippen LogP contribution < -0.4 is 15.7 Å². The van der Waals surface area contributed by atoms with Gasteiger partial charge in [-0.15, -0.1) is 0 Å². The van der Waals surface area contributed by atoms with Crippen LogP contribution in [0.3, 0.4) is 0 Å². The van der Waals surface area contributed by atoms with Gasteiger partial charge in [0.1, 0.15) is 11.3 Å². The van der Waals surface area contributed by atoms with Crippen LogP contribution in [0.5, 0.6) is 5.75 Å². The maximum absolute atomic E-state index is 11.6. The van der Waals surface area contributed by atoms with Crippen molar-refractivity contribution in [1.82, 2.24) is 5.32 Å². The fraction of sp³-hybridized carbons (Fsp3) is 0.188. The molecule has 102 valence electrons. The van der Waals surface area contributed by atoms with Crippen molar-refractivity contribution < 1.29 is 9.15 Å². The molecule has 0 radical (unpaired) electrons. The maximum atomic E-state index is 11.6. The molecule has 1 heterocycles. The molecule has 3 rings (SSSR count). The van der Waals surface area contributed by atoms with Crippen LogP contribution in [0.1, 0.15) is 5.56 Å². The molecule has 0 aliphatic carbocycles. The van der Waals surface area contributed by atoms with Gasteiger partial charge in [0.05, 0.1) is 7.11 Å². The van der Waals surface area contributed by atoms with Crippen LogP contribution in [-0.4, -0.2) is 14.2 Å². The molecule has 0 aliphatic heterocycles. The summed E-state index contributed by atoms with van der Waals surface area (Å²) < 4.78 is 10.5. The van der Waals surface area contributed by atoms with Crippen molar-refractivity contribution >= 4 is 21.7 Å². The molecule has 4 heteroatoms. The summed E-state index contributed by atoms with van der Waals surface area (Å²) in [6, 6.07) is 11.3. The van der Waals surface area contributed by atoms with E-state index in [1.807, 2.05) is 37.4 Å². The van der Waals surface area contributed by atoms with Gasteiger partial charge < -0.3 is 14.5 Å². The Morgan fingerprint density at radius 3 is 2.75 bits per heavy atom. The van der Waals surface area contributed by atoms with Crippen LogP contribution in [0.15, 0.2) is 45.6 Å². The first-order chi connectivity index (χ1) is 9.71. The molecule has 0 fully saturated rings. The summed E-state index contributed by atoms with van der Waals surface area (Å²) >= 11 is 0. The monoisotopic (exact) mass is 269 g/mol. The average molecular weight is 269 g/mol. The highest BCUT2D eigenvalue weighted by Crippen LogP contribution is 2.27. The first kappa shape index (κ1) is 12.7. The number of methoxy groups -OCH3 is 1. The second-order valence-electron chi connectivity index (χ2n) is 4.68. The van der Waals surface area contributed by atoms with Crippen LogP contribution in [0.25, 0.3) is 21.7 Å². The minimum atomic E-state index is -0.329. The molecule has 4 nitrogen and oxygen atoms in total. The summed E-state index contributed by atoms with van der Waals surface area (Å²) in [5.74, 6) is 0.783. The Balaban J connectivity index is 2.34. The van der Waals surface area contributed by atoms with E-state index in [-0.39, 0.29) is 5.63 Å². The van der Waals surface area contributed by atoms with E-state index in [9.17, 15) is 4.79 Å². The van der Waals surface area contributed by atoms with Gasteiger partial charge in [0.15, 0.2) is 0 Å². The molecule has 0 amide bonds. The third kappa shape index (κ3) is 2.14. The van der Waals surface area contributed by atoms with Gasteiger partial charge in [-0.25, -0.2) is 4.79 Å². The zero-order chi connectivity index (χ0) is 14.1. The standard InChI is InChI=1S/C16H15NO3/c1-17-9-12-8-16(18)20-15-7-11-5-13(19-2)4-3-10(11)6-14(12)15/h3-8,17H,9H2,1-2H3. The Labute approximate surface area is 116 Å². The summed E-state index contributed by atoms with van der Waals surface area (Å²) in [4.78, 5) is 11.6. The Kier molecular flexibility index (Phi) is 3.16.